The maximum Gasteiger partial charge on any atom is 0.416 e. The number of benzene rings is 1. The number of aryl methyl sites for hydroxylation is 1. The molecule has 0 amide bonds. The van der Waals surface area contributed by atoms with Crippen LogP contribution in [-0.2, 0) is 6.18 Å². The summed E-state index contributed by atoms with van der Waals surface area (Å²) >= 11 is 0. The van der Waals surface area contributed by atoms with E-state index in [2.05, 4.69) is 7.05 Å². The minimum atomic E-state index is -4.39. The summed E-state index contributed by atoms with van der Waals surface area (Å²) in [4.78, 5) is 15.6. The van der Waals surface area contributed by atoms with Crippen LogP contribution in [0.25, 0.3) is 5.69 Å². The molecule has 2 aromatic rings. The molecule has 0 saturated carbocycles. The van der Waals surface area contributed by atoms with E-state index in [0.29, 0.717) is 23.5 Å². The van der Waals surface area contributed by atoms with Crippen molar-refractivity contribution in [3.63, 3.8) is 0 Å². The molecule has 1 aliphatic heterocycles. The van der Waals surface area contributed by atoms with E-state index in [9.17, 15) is 18.0 Å². The maximum absolute atomic E-state index is 13.0. The fourth-order valence-corrected chi connectivity index (χ4v) is 3.79. The highest BCUT2D eigenvalue weighted by Gasteiger charge is 2.31. The Morgan fingerprint density at radius 2 is 1.78 bits per heavy atom. The third kappa shape index (κ3) is 4.25. The van der Waals surface area contributed by atoms with Crippen LogP contribution in [0.4, 0.5) is 13.2 Å². The molecule has 0 unspecified atom stereocenters. The van der Waals surface area contributed by atoms with Crippen molar-refractivity contribution in [3.05, 3.63) is 52.8 Å². The minimum Gasteiger partial charge on any atom is -0.328 e. The highest BCUT2D eigenvalue weighted by Crippen LogP contribution is 2.31. The summed E-state index contributed by atoms with van der Waals surface area (Å²) in [7, 11) is 2.15. The lowest BCUT2D eigenvalue weighted by molar-refractivity contribution is -0.999. The summed E-state index contributed by atoms with van der Waals surface area (Å²) in [6.45, 7) is 8.06. The molecule has 0 radical (unpaired) electrons. The summed E-state index contributed by atoms with van der Waals surface area (Å²) in [6.07, 6.45) is -4.39. The number of hydrogen-bond donors (Lipinski definition) is 2. The molecule has 2 N–H and O–H groups in total. The Kier molecular flexibility index (Phi) is 5.44. The number of carbonyl (C=O) groups excluding carboxylic acids is 1. The van der Waals surface area contributed by atoms with Crippen LogP contribution in [0.3, 0.4) is 0 Å². The van der Waals surface area contributed by atoms with Gasteiger partial charge in [0.15, 0.2) is 0 Å². The summed E-state index contributed by atoms with van der Waals surface area (Å²) in [5.41, 5.74) is 1.78. The lowest BCUT2D eigenvalue weighted by atomic mass is 10.1. The van der Waals surface area contributed by atoms with Crippen molar-refractivity contribution < 1.29 is 27.8 Å². The topological polar surface area (TPSA) is 30.9 Å². The van der Waals surface area contributed by atoms with Crippen molar-refractivity contribution in [2.75, 3.05) is 39.8 Å². The van der Waals surface area contributed by atoms with Crippen LogP contribution in [-0.4, -0.2) is 50.1 Å². The van der Waals surface area contributed by atoms with Gasteiger partial charge < -0.3 is 14.4 Å². The van der Waals surface area contributed by atoms with Crippen LogP contribution >= 0.6 is 0 Å². The number of halogens is 3. The van der Waals surface area contributed by atoms with Gasteiger partial charge in [-0.3, -0.25) is 4.79 Å². The van der Waals surface area contributed by atoms with Gasteiger partial charge in [0.1, 0.15) is 32.7 Å². The Balaban J connectivity index is 1.86. The van der Waals surface area contributed by atoms with Crippen LogP contribution in [0.1, 0.15) is 27.3 Å². The number of ketones is 1. The number of nitrogens with zero attached hydrogens (tertiary/aromatic N) is 1. The molecule has 4 nitrogen and oxygen atoms in total. The number of likely N-dealkylation sites (N-methyl/N-ethyl adjacent to an activating group) is 1. The molecule has 0 spiro atoms. The van der Waals surface area contributed by atoms with E-state index in [1.807, 2.05) is 6.92 Å². The normalized spacial score (nSPS) is 20.7. The van der Waals surface area contributed by atoms with Gasteiger partial charge in [-0.25, -0.2) is 0 Å². The van der Waals surface area contributed by atoms with Gasteiger partial charge in [-0.15, -0.1) is 0 Å². The summed E-state index contributed by atoms with van der Waals surface area (Å²) in [6, 6.07) is 7.01. The van der Waals surface area contributed by atoms with Crippen molar-refractivity contribution in [1.82, 2.24) is 4.57 Å². The predicted molar refractivity (Wildman–Crippen MR) is 96.8 cm³/mol. The van der Waals surface area contributed by atoms with Crippen molar-refractivity contribution in [1.29, 1.82) is 0 Å². The molecule has 0 atom stereocenters. The molecule has 146 valence electrons. The van der Waals surface area contributed by atoms with Crippen molar-refractivity contribution in [2.45, 2.75) is 20.0 Å². The highest BCUT2D eigenvalue weighted by atomic mass is 19.4. The predicted octanol–water partition coefficient (Wildman–Crippen LogP) is 0.709. The van der Waals surface area contributed by atoms with Crippen LogP contribution in [0, 0.1) is 13.8 Å². The second-order valence-corrected chi connectivity index (χ2v) is 7.48. The van der Waals surface area contributed by atoms with E-state index in [1.54, 1.807) is 23.6 Å². The number of piperazine rings is 1. The monoisotopic (exact) mass is 381 g/mol. The number of Topliss-reactive ketones (excluding diaryl/α,β-unsaturated/α-hetero) is 1. The molecular formula is C20H26F3N3O+2. The Labute approximate surface area is 157 Å². The van der Waals surface area contributed by atoms with Gasteiger partial charge in [0.25, 0.3) is 0 Å². The second kappa shape index (κ2) is 7.48. The minimum absolute atomic E-state index is 0.0517. The number of aromatic nitrogens is 1. The third-order valence-corrected chi connectivity index (χ3v) is 5.38. The molecule has 1 saturated heterocycles. The quantitative estimate of drug-likeness (QED) is 0.751. The van der Waals surface area contributed by atoms with Gasteiger partial charge in [0.05, 0.1) is 12.6 Å². The lowest BCUT2D eigenvalue weighted by Crippen LogP contribution is -3.27. The zero-order valence-electron chi connectivity index (χ0n) is 15.9. The van der Waals surface area contributed by atoms with E-state index < -0.39 is 11.7 Å². The maximum atomic E-state index is 13.0. The van der Waals surface area contributed by atoms with Crippen LogP contribution in [0.5, 0.6) is 0 Å². The van der Waals surface area contributed by atoms with Crippen LogP contribution in [0.2, 0.25) is 0 Å². The Bertz CT molecular complexity index is 833. The summed E-state index contributed by atoms with van der Waals surface area (Å²) < 4.78 is 40.8. The van der Waals surface area contributed by atoms with E-state index in [0.717, 1.165) is 44.0 Å². The zero-order valence-corrected chi connectivity index (χ0v) is 15.9. The first kappa shape index (κ1) is 19.6. The Hall–Kier alpha value is -2.12. The van der Waals surface area contributed by atoms with E-state index in [1.165, 1.54) is 15.9 Å². The number of carbonyl (C=O) groups is 1. The van der Waals surface area contributed by atoms with E-state index in [-0.39, 0.29) is 5.78 Å². The molecule has 7 heteroatoms. The average Bonchev–Trinajstić information content (AvgIpc) is 2.91. The highest BCUT2D eigenvalue weighted by molar-refractivity contribution is 5.98. The number of nitrogens with one attached hydrogen (secondary N) is 2. The first-order valence-electron chi connectivity index (χ1n) is 9.21. The zero-order chi connectivity index (χ0) is 19.8. The lowest BCUT2D eigenvalue weighted by Gasteiger charge is -2.26. The van der Waals surface area contributed by atoms with E-state index in [4.69, 9.17) is 0 Å². The number of rotatable bonds is 4. The van der Waals surface area contributed by atoms with Gasteiger partial charge in [0.2, 0.25) is 5.78 Å². The average molecular weight is 381 g/mol. The van der Waals surface area contributed by atoms with Gasteiger partial charge in [0, 0.05) is 22.6 Å². The van der Waals surface area contributed by atoms with Gasteiger partial charge in [-0.05, 0) is 38.1 Å². The van der Waals surface area contributed by atoms with E-state index >= 15 is 0 Å². The summed E-state index contributed by atoms with van der Waals surface area (Å²) in [5.74, 6) is 0.0517. The fourth-order valence-electron chi connectivity index (χ4n) is 3.79. The molecule has 1 aromatic carbocycles. The molecule has 2 heterocycles. The van der Waals surface area contributed by atoms with Crippen LogP contribution in [0.15, 0.2) is 30.3 Å². The van der Waals surface area contributed by atoms with Gasteiger partial charge in [-0.2, -0.15) is 13.2 Å². The standard InChI is InChI=1S/C20H24F3N3O/c1-14-11-18(19(27)13-25-9-7-24(3)8-10-25)15(2)26(14)17-6-4-5-16(12-17)20(21,22)23/h4-6,11-12H,7-10,13H2,1-3H3/p+2. The first-order valence-corrected chi connectivity index (χ1v) is 9.21. The van der Waals surface area contributed by atoms with Gasteiger partial charge >= 0.3 is 6.18 Å². The van der Waals surface area contributed by atoms with Crippen LogP contribution < -0.4 is 9.80 Å². The molecule has 27 heavy (non-hydrogen) atoms. The number of alkyl halides is 3. The Morgan fingerprint density at radius 3 is 2.41 bits per heavy atom. The molecule has 1 aliphatic rings. The van der Waals surface area contributed by atoms with Gasteiger partial charge in [-0.1, -0.05) is 6.07 Å². The molecule has 1 fully saturated rings. The molecule has 3 rings (SSSR count). The Morgan fingerprint density at radius 1 is 1.11 bits per heavy atom. The van der Waals surface area contributed by atoms with Crippen molar-refractivity contribution in [2.24, 2.45) is 0 Å². The number of quaternary nitrogens is 2. The molecule has 0 aliphatic carbocycles. The first-order chi connectivity index (χ1) is 12.7. The van der Waals surface area contributed by atoms with Crippen molar-refractivity contribution >= 4 is 5.78 Å². The largest absolute Gasteiger partial charge is 0.416 e. The molecule has 1 aromatic heterocycles. The third-order valence-electron chi connectivity index (χ3n) is 5.38. The summed E-state index contributed by atoms with van der Waals surface area (Å²) in [5, 5.41) is 0. The molecular weight excluding hydrogens is 355 g/mol. The van der Waals surface area contributed by atoms with Crippen molar-refractivity contribution in [3.8, 4) is 5.69 Å². The fraction of sp³-hybridized carbons (Fsp3) is 0.450. The molecule has 0 bridgehead atoms. The smallest absolute Gasteiger partial charge is 0.328 e. The SMILES string of the molecule is Cc1cc(C(=O)C[NH+]2CC[NH+](C)CC2)c(C)n1-c1cccc(C(F)(F)F)c1. The second-order valence-electron chi connectivity index (χ2n) is 7.48. The number of hydrogen-bond acceptors (Lipinski definition) is 1.